The van der Waals surface area contributed by atoms with Gasteiger partial charge in [-0.1, -0.05) is 0 Å². The predicted molar refractivity (Wildman–Crippen MR) is 161 cm³/mol. The van der Waals surface area contributed by atoms with Gasteiger partial charge in [0.2, 0.25) is 11.9 Å². The minimum absolute atomic E-state index is 0.0178. The summed E-state index contributed by atoms with van der Waals surface area (Å²) in [5.74, 6) is -0.807. The van der Waals surface area contributed by atoms with Crippen molar-refractivity contribution in [3.05, 3.63) is 48.4 Å². The Bertz CT molecular complexity index is 1530. The predicted octanol–water partition coefficient (Wildman–Crippen LogP) is 4.18. The summed E-state index contributed by atoms with van der Waals surface area (Å²) >= 11 is 0. The maximum atomic E-state index is 14.8. The van der Waals surface area contributed by atoms with E-state index < -0.39 is 18.5 Å². The van der Waals surface area contributed by atoms with Crippen LogP contribution in [-0.4, -0.2) is 103 Å². The number of carboxylic acid groups (broad SMARTS) is 1. The zero-order valence-corrected chi connectivity index (χ0v) is 24.7. The summed E-state index contributed by atoms with van der Waals surface area (Å²) < 4.78 is 51.8. The number of halogens is 3. The molecule has 240 valence electrons. The number of nitrogens with zero attached hydrogens (tertiary/aromatic N) is 6. The van der Waals surface area contributed by atoms with Gasteiger partial charge in [0.05, 0.1) is 24.7 Å². The molecule has 0 aliphatic carbocycles. The maximum Gasteiger partial charge on any atom is 0.407 e. The Hall–Kier alpha value is -5.15. The molecule has 45 heavy (non-hydrogen) atoms. The Kier molecular flexibility index (Phi) is 9.49. The molecule has 16 heteroatoms. The van der Waals surface area contributed by atoms with Gasteiger partial charge < -0.3 is 44.8 Å². The molecule has 3 aromatic rings. The first-order valence-electron chi connectivity index (χ1n) is 14.2. The van der Waals surface area contributed by atoms with E-state index in [2.05, 4.69) is 25.5 Å². The number of hydrogen-bond donors (Lipinski definition) is 3. The molecule has 0 bridgehead atoms. The summed E-state index contributed by atoms with van der Waals surface area (Å²) in [6.45, 7) is 2.23. The molecule has 2 amide bonds. The minimum Gasteiger partial charge on any atom is -0.494 e. The molecule has 0 atom stereocenters. The van der Waals surface area contributed by atoms with Crippen LogP contribution in [0.3, 0.4) is 0 Å². The van der Waals surface area contributed by atoms with E-state index in [4.69, 9.17) is 9.47 Å². The second kappa shape index (κ2) is 13.7. The summed E-state index contributed by atoms with van der Waals surface area (Å²) in [5, 5.41) is 14.9. The Morgan fingerprint density at radius 3 is 1.96 bits per heavy atom. The molecular formula is C29H33F3N8O5. The van der Waals surface area contributed by atoms with Gasteiger partial charge in [-0.15, -0.1) is 0 Å². The molecule has 13 nitrogen and oxygen atoms in total. The molecule has 0 unspecified atom stereocenters. The average molecular weight is 631 g/mol. The van der Waals surface area contributed by atoms with Gasteiger partial charge in [0.15, 0.2) is 17.4 Å². The van der Waals surface area contributed by atoms with Crippen LogP contribution in [0.2, 0.25) is 0 Å². The van der Waals surface area contributed by atoms with E-state index in [1.165, 1.54) is 24.1 Å². The van der Waals surface area contributed by atoms with E-state index in [0.29, 0.717) is 56.4 Å². The van der Waals surface area contributed by atoms with Crippen molar-refractivity contribution in [1.82, 2.24) is 19.8 Å². The summed E-state index contributed by atoms with van der Waals surface area (Å²) in [7, 11) is 1.51. The zero-order chi connectivity index (χ0) is 32.1. The Balaban J connectivity index is 1.32. The molecule has 2 aliphatic rings. The van der Waals surface area contributed by atoms with Crippen molar-refractivity contribution >= 4 is 46.5 Å². The number of ether oxygens (including phenoxy) is 2. The van der Waals surface area contributed by atoms with Crippen LogP contribution in [0.25, 0.3) is 0 Å². The maximum absolute atomic E-state index is 14.8. The van der Waals surface area contributed by atoms with Crippen LogP contribution >= 0.6 is 0 Å². The fraction of sp³-hybridized carbons (Fsp3) is 0.379. The van der Waals surface area contributed by atoms with Gasteiger partial charge in [0.25, 0.3) is 0 Å². The average Bonchev–Trinajstić information content (AvgIpc) is 3.03. The van der Waals surface area contributed by atoms with Gasteiger partial charge in [-0.3, -0.25) is 4.79 Å². The molecule has 2 aliphatic heterocycles. The molecule has 0 saturated carbocycles. The SMILES string of the molecule is COc1cc(N2CCN(C(C)=O)CC2)ccc1Nc1ncc(F)c(Nc2ccc(N3CCN(C(=O)O)CC3)cc2OC(F)F)n1. The standard InChI is InChI=1S/C29H33F3N8O5/c1-18(41)37-7-9-38(10-8-37)19-3-5-22(24(15-19)44-2)35-28-33-17-21(30)26(36-28)34-23-6-4-20(16-25(23)45-27(31)32)39-11-13-40(14-12-39)29(42)43/h3-6,15-17,27H,7-14H2,1-2H3,(H,42,43)(H2,33,34,35,36). The summed E-state index contributed by atoms with van der Waals surface area (Å²) in [4.78, 5) is 38.1. The third-order valence-electron chi connectivity index (χ3n) is 7.62. The van der Waals surface area contributed by atoms with Crippen molar-refractivity contribution in [2.24, 2.45) is 0 Å². The van der Waals surface area contributed by atoms with E-state index >= 15 is 0 Å². The monoisotopic (exact) mass is 630 g/mol. The van der Waals surface area contributed by atoms with Gasteiger partial charge in [-0.25, -0.2) is 14.2 Å². The van der Waals surface area contributed by atoms with E-state index in [1.807, 2.05) is 17.0 Å². The van der Waals surface area contributed by atoms with Crippen LogP contribution in [0.5, 0.6) is 11.5 Å². The van der Waals surface area contributed by atoms with E-state index in [-0.39, 0.29) is 42.2 Å². The lowest BCUT2D eigenvalue weighted by Crippen LogP contribution is -2.48. The van der Waals surface area contributed by atoms with Crippen molar-refractivity contribution in [2.75, 3.05) is 79.9 Å². The largest absolute Gasteiger partial charge is 0.494 e. The molecule has 5 rings (SSSR count). The lowest BCUT2D eigenvalue weighted by atomic mass is 10.2. The minimum atomic E-state index is -3.15. The summed E-state index contributed by atoms with van der Waals surface area (Å²) in [5.41, 5.74) is 2.00. The first-order valence-corrected chi connectivity index (χ1v) is 14.2. The quantitative estimate of drug-likeness (QED) is 0.314. The smallest absolute Gasteiger partial charge is 0.407 e. The third-order valence-corrected chi connectivity index (χ3v) is 7.62. The van der Waals surface area contributed by atoms with Crippen LogP contribution < -0.4 is 29.9 Å². The highest BCUT2D eigenvalue weighted by Gasteiger charge is 2.23. The number of hydrogen-bond acceptors (Lipinski definition) is 10. The van der Waals surface area contributed by atoms with Crippen LogP contribution in [0.15, 0.2) is 42.6 Å². The molecule has 0 spiro atoms. The number of anilines is 6. The van der Waals surface area contributed by atoms with Gasteiger partial charge in [-0.05, 0) is 24.3 Å². The molecule has 3 N–H and O–H groups in total. The van der Waals surface area contributed by atoms with Crippen molar-refractivity contribution in [3.63, 3.8) is 0 Å². The Morgan fingerprint density at radius 2 is 1.42 bits per heavy atom. The lowest BCUT2D eigenvalue weighted by Gasteiger charge is -2.35. The van der Waals surface area contributed by atoms with Gasteiger partial charge in [-0.2, -0.15) is 13.8 Å². The molecule has 2 aromatic carbocycles. The summed E-state index contributed by atoms with van der Waals surface area (Å²) in [6, 6.07) is 9.98. The highest BCUT2D eigenvalue weighted by atomic mass is 19.3. The number of rotatable bonds is 9. The molecule has 3 heterocycles. The molecule has 1 aromatic heterocycles. The van der Waals surface area contributed by atoms with Crippen LogP contribution in [0, 0.1) is 5.82 Å². The van der Waals surface area contributed by atoms with Crippen LogP contribution in [-0.2, 0) is 4.79 Å². The number of aromatic nitrogens is 2. The highest BCUT2D eigenvalue weighted by Crippen LogP contribution is 2.35. The second-order valence-corrected chi connectivity index (χ2v) is 10.3. The topological polar surface area (TPSA) is 136 Å². The normalized spacial score (nSPS) is 15.2. The number of alkyl halides is 2. The first-order chi connectivity index (χ1) is 21.6. The highest BCUT2D eigenvalue weighted by molar-refractivity contribution is 5.74. The summed E-state index contributed by atoms with van der Waals surface area (Å²) in [6.07, 6.45) is -0.0791. The Morgan fingerprint density at radius 1 is 0.867 bits per heavy atom. The van der Waals surface area contributed by atoms with Crippen molar-refractivity contribution in [3.8, 4) is 11.5 Å². The molecule has 2 saturated heterocycles. The number of carbonyl (C=O) groups is 2. The fourth-order valence-corrected chi connectivity index (χ4v) is 5.18. The lowest BCUT2D eigenvalue weighted by molar-refractivity contribution is -0.129. The molecule has 2 fully saturated rings. The number of methoxy groups -OCH3 is 1. The first kappa shape index (κ1) is 31.3. The number of benzene rings is 2. The zero-order valence-electron chi connectivity index (χ0n) is 24.7. The van der Waals surface area contributed by atoms with Crippen LogP contribution in [0.4, 0.5) is 52.5 Å². The number of nitrogens with one attached hydrogen (secondary N) is 2. The third kappa shape index (κ3) is 7.50. The van der Waals surface area contributed by atoms with Gasteiger partial charge in [0.1, 0.15) is 5.75 Å². The van der Waals surface area contributed by atoms with Crippen LogP contribution in [0.1, 0.15) is 6.92 Å². The number of piperazine rings is 2. The second-order valence-electron chi connectivity index (χ2n) is 10.3. The van der Waals surface area contributed by atoms with Crippen molar-refractivity contribution in [2.45, 2.75) is 13.5 Å². The molecule has 0 radical (unpaired) electrons. The Labute approximate surface area is 257 Å². The van der Waals surface area contributed by atoms with E-state index in [9.17, 15) is 27.9 Å². The fourth-order valence-electron chi connectivity index (χ4n) is 5.18. The van der Waals surface area contributed by atoms with E-state index in [0.717, 1.165) is 11.9 Å². The van der Waals surface area contributed by atoms with Crippen molar-refractivity contribution in [1.29, 1.82) is 0 Å². The number of carbonyl (C=O) groups excluding carboxylic acids is 1. The van der Waals surface area contributed by atoms with Gasteiger partial charge in [0, 0.05) is 82.8 Å². The van der Waals surface area contributed by atoms with Gasteiger partial charge >= 0.3 is 12.7 Å². The van der Waals surface area contributed by atoms with E-state index in [1.54, 1.807) is 24.0 Å². The van der Waals surface area contributed by atoms with Crippen molar-refractivity contribution < 1.29 is 37.3 Å². The number of amides is 2. The molecular weight excluding hydrogens is 597 g/mol.